The number of hydrogen-bond acceptors (Lipinski definition) is 4. The summed E-state index contributed by atoms with van der Waals surface area (Å²) in [5.74, 6) is 0.780. The fourth-order valence-electron chi connectivity index (χ4n) is 3.80. The van der Waals surface area contributed by atoms with Crippen LogP contribution in [0.25, 0.3) is 0 Å². The molecule has 3 aromatic rings. The molecule has 0 spiro atoms. The van der Waals surface area contributed by atoms with Crippen molar-refractivity contribution >= 4 is 17.5 Å². The van der Waals surface area contributed by atoms with Crippen molar-refractivity contribution in [2.24, 2.45) is 0 Å². The Labute approximate surface area is 171 Å². The average molecular weight is 386 g/mol. The molecule has 0 unspecified atom stereocenters. The van der Waals surface area contributed by atoms with Gasteiger partial charge in [-0.05, 0) is 48.1 Å². The van der Waals surface area contributed by atoms with Crippen molar-refractivity contribution in [2.45, 2.75) is 39.7 Å². The summed E-state index contributed by atoms with van der Waals surface area (Å²) in [6, 6.07) is 18.2. The van der Waals surface area contributed by atoms with Crippen LogP contribution in [0.5, 0.6) is 0 Å². The maximum atomic E-state index is 13.1. The molecule has 1 aliphatic heterocycles. The first kappa shape index (κ1) is 19.1. The van der Waals surface area contributed by atoms with Crippen molar-refractivity contribution in [3.63, 3.8) is 0 Å². The van der Waals surface area contributed by atoms with Crippen LogP contribution in [0, 0.1) is 6.92 Å². The van der Waals surface area contributed by atoms with Crippen molar-refractivity contribution in [3.8, 4) is 0 Å². The number of fused-ring (bicyclic) bond motifs is 1. The van der Waals surface area contributed by atoms with Crippen LogP contribution in [-0.4, -0.2) is 27.3 Å². The van der Waals surface area contributed by atoms with E-state index in [-0.39, 0.29) is 5.91 Å². The molecule has 1 aliphatic rings. The second-order valence-corrected chi connectivity index (χ2v) is 7.83. The van der Waals surface area contributed by atoms with Gasteiger partial charge in [0, 0.05) is 24.5 Å². The molecule has 148 valence electrons. The number of anilines is 2. The summed E-state index contributed by atoms with van der Waals surface area (Å²) in [6.07, 6.45) is 0.874. The highest BCUT2D eigenvalue weighted by Gasteiger charge is 2.23. The van der Waals surface area contributed by atoms with Gasteiger partial charge < -0.3 is 10.2 Å². The van der Waals surface area contributed by atoms with Crippen LogP contribution in [0.1, 0.15) is 52.6 Å². The van der Waals surface area contributed by atoms with Crippen molar-refractivity contribution in [2.75, 3.05) is 11.9 Å². The average Bonchev–Trinajstić information content (AvgIpc) is 2.72. The topological polar surface area (TPSA) is 58.1 Å². The molecule has 0 saturated heterocycles. The predicted octanol–water partition coefficient (Wildman–Crippen LogP) is 4.85. The minimum absolute atomic E-state index is 0.0507. The van der Waals surface area contributed by atoms with E-state index in [1.165, 1.54) is 16.7 Å². The molecular weight excluding hydrogens is 360 g/mol. The van der Waals surface area contributed by atoms with Gasteiger partial charge in [0.2, 0.25) is 5.95 Å². The highest BCUT2D eigenvalue weighted by atomic mass is 16.2. The molecule has 29 heavy (non-hydrogen) atoms. The molecule has 2 aromatic carbocycles. The van der Waals surface area contributed by atoms with E-state index in [1.54, 1.807) is 6.07 Å². The van der Waals surface area contributed by atoms with E-state index in [9.17, 15) is 4.79 Å². The van der Waals surface area contributed by atoms with Gasteiger partial charge in [-0.2, -0.15) is 0 Å². The lowest BCUT2D eigenvalue weighted by molar-refractivity contribution is 0.0728. The SMILES string of the molecule is Cc1cc(C(=O)N2CCc3ccccc3C2)nc(Nc2ccccc2C(C)C)n1. The van der Waals surface area contributed by atoms with Crippen LogP contribution in [0.4, 0.5) is 11.6 Å². The minimum atomic E-state index is -0.0507. The third-order valence-corrected chi connectivity index (χ3v) is 5.32. The third-order valence-electron chi connectivity index (χ3n) is 5.32. The van der Waals surface area contributed by atoms with Gasteiger partial charge in [0.25, 0.3) is 5.91 Å². The van der Waals surface area contributed by atoms with E-state index < -0.39 is 0 Å². The molecule has 5 nitrogen and oxygen atoms in total. The monoisotopic (exact) mass is 386 g/mol. The molecule has 4 rings (SSSR count). The van der Waals surface area contributed by atoms with Gasteiger partial charge in [-0.15, -0.1) is 0 Å². The molecular formula is C24H26N4O. The Balaban J connectivity index is 1.58. The molecule has 0 atom stereocenters. The minimum Gasteiger partial charge on any atom is -0.333 e. The van der Waals surface area contributed by atoms with Gasteiger partial charge in [-0.25, -0.2) is 9.97 Å². The van der Waals surface area contributed by atoms with Crippen LogP contribution >= 0.6 is 0 Å². The summed E-state index contributed by atoms with van der Waals surface area (Å²) in [7, 11) is 0. The van der Waals surface area contributed by atoms with Gasteiger partial charge in [-0.3, -0.25) is 4.79 Å². The second kappa shape index (κ2) is 8.03. The molecule has 0 aliphatic carbocycles. The second-order valence-electron chi connectivity index (χ2n) is 7.83. The number of amides is 1. The predicted molar refractivity (Wildman–Crippen MR) is 115 cm³/mol. The Hall–Kier alpha value is -3.21. The lowest BCUT2D eigenvalue weighted by atomic mass is 10.00. The van der Waals surface area contributed by atoms with Crippen molar-refractivity contribution in [1.29, 1.82) is 0 Å². The summed E-state index contributed by atoms with van der Waals surface area (Å²) in [4.78, 5) is 24.1. The zero-order valence-corrected chi connectivity index (χ0v) is 17.1. The van der Waals surface area contributed by atoms with Gasteiger partial charge in [0.15, 0.2) is 0 Å². The number of benzene rings is 2. The standard InChI is InChI=1S/C24H26N4O/c1-16(2)20-10-6-7-11-21(20)26-24-25-17(3)14-22(27-24)23(29)28-13-12-18-8-4-5-9-19(18)15-28/h4-11,14,16H,12-13,15H2,1-3H3,(H,25,26,27). The molecule has 5 heteroatoms. The maximum Gasteiger partial charge on any atom is 0.272 e. The summed E-state index contributed by atoms with van der Waals surface area (Å²) in [5, 5.41) is 3.32. The number of carbonyl (C=O) groups is 1. The Bertz CT molecular complexity index is 1040. The first-order valence-electron chi connectivity index (χ1n) is 10.1. The summed E-state index contributed by atoms with van der Waals surface area (Å²) < 4.78 is 0. The van der Waals surface area contributed by atoms with E-state index in [2.05, 4.69) is 53.4 Å². The van der Waals surface area contributed by atoms with E-state index in [0.717, 1.165) is 17.8 Å². The van der Waals surface area contributed by atoms with E-state index in [0.29, 0.717) is 30.6 Å². The van der Waals surface area contributed by atoms with Gasteiger partial charge in [0.05, 0.1) is 0 Å². The number of nitrogens with zero attached hydrogens (tertiary/aromatic N) is 3. The van der Waals surface area contributed by atoms with Gasteiger partial charge in [0.1, 0.15) is 5.69 Å². The number of para-hydroxylation sites is 1. The Morgan fingerprint density at radius 3 is 2.55 bits per heavy atom. The first-order chi connectivity index (χ1) is 14.0. The third kappa shape index (κ3) is 4.14. The molecule has 0 radical (unpaired) electrons. The Morgan fingerprint density at radius 2 is 1.76 bits per heavy atom. The zero-order chi connectivity index (χ0) is 20.4. The maximum absolute atomic E-state index is 13.1. The summed E-state index contributed by atoms with van der Waals surface area (Å²) in [5.41, 5.74) is 5.90. The van der Waals surface area contributed by atoms with Gasteiger partial charge in [-0.1, -0.05) is 56.3 Å². The van der Waals surface area contributed by atoms with Crippen LogP contribution in [0.2, 0.25) is 0 Å². The van der Waals surface area contributed by atoms with E-state index in [1.807, 2.05) is 36.1 Å². The van der Waals surface area contributed by atoms with E-state index >= 15 is 0 Å². The van der Waals surface area contributed by atoms with Crippen molar-refractivity contribution in [1.82, 2.24) is 14.9 Å². The van der Waals surface area contributed by atoms with E-state index in [4.69, 9.17) is 0 Å². The zero-order valence-electron chi connectivity index (χ0n) is 17.1. The van der Waals surface area contributed by atoms with Crippen LogP contribution < -0.4 is 5.32 Å². The Morgan fingerprint density at radius 1 is 1.03 bits per heavy atom. The number of aromatic nitrogens is 2. The number of nitrogens with one attached hydrogen (secondary N) is 1. The van der Waals surface area contributed by atoms with Crippen molar-refractivity contribution < 1.29 is 4.79 Å². The molecule has 0 saturated carbocycles. The number of aryl methyl sites for hydroxylation is 1. The molecule has 1 N–H and O–H groups in total. The number of hydrogen-bond donors (Lipinski definition) is 1. The highest BCUT2D eigenvalue weighted by molar-refractivity contribution is 5.93. The normalized spacial score (nSPS) is 13.3. The fourth-order valence-corrected chi connectivity index (χ4v) is 3.80. The van der Waals surface area contributed by atoms with Crippen LogP contribution in [0.15, 0.2) is 54.6 Å². The molecule has 2 heterocycles. The molecule has 1 amide bonds. The quantitative estimate of drug-likeness (QED) is 0.696. The lowest BCUT2D eigenvalue weighted by Gasteiger charge is -2.28. The van der Waals surface area contributed by atoms with Crippen LogP contribution in [-0.2, 0) is 13.0 Å². The molecule has 1 aromatic heterocycles. The first-order valence-corrected chi connectivity index (χ1v) is 10.1. The van der Waals surface area contributed by atoms with Gasteiger partial charge >= 0.3 is 0 Å². The van der Waals surface area contributed by atoms with Crippen LogP contribution in [0.3, 0.4) is 0 Å². The highest BCUT2D eigenvalue weighted by Crippen LogP contribution is 2.26. The number of carbonyl (C=O) groups excluding carboxylic acids is 1. The lowest BCUT2D eigenvalue weighted by Crippen LogP contribution is -2.36. The Kier molecular flexibility index (Phi) is 5.30. The fraction of sp³-hybridized carbons (Fsp3) is 0.292. The number of rotatable bonds is 4. The molecule has 0 bridgehead atoms. The summed E-state index contributed by atoms with van der Waals surface area (Å²) >= 11 is 0. The van der Waals surface area contributed by atoms with Crippen molar-refractivity contribution in [3.05, 3.63) is 82.7 Å². The smallest absolute Gasteiger partial charge is 0.272 e. The molecule has 0 fully saturated rings. The largest absolute Gasteiger partial charge is 0.333 e. The summed E-state index contributed by atoms with van der Waals surface area (Å²) in [6.45, 7) is 7.53.